The van der Waals surface area contributed by atoms with Gasteiger partial charge in [0.1, 0.15) is 13.7 Å². The highest BCUT2D eigenvalue weighted by Crippen LogP contribution is 2.16. The zero-order valence-corrected chi connectivity index (χ0v) is 15.3. The van der Waals surface area contributed by atoms with Crippen LogP contribution in [-0.2, 0) is 25.8 Å². The second-order valence-electron chi connectivity index (χ2n) is 5.38. The fourth-order valence-corrected chi connectivity index (χ4v) is 2.31. The summed E-state index contributed by atoms with van der Waals surface area (Å²) in [4.78, 5) is 25.6. The van der Waals surface area contributed by atoms with Crippen LogP contribution in [0, 0.1) is 6.57 Å². The third-order valence-corrected chi connectivity index (χ3v) is 3.65. The van der Waals surface area contributed by atoms with Crippen molar-refractivity contribution >= 4 is 23.1 Å². The van der Waals surface area contributed by atoms with Crippen LogP contribution in [0.25, 0.3) is 4.85 Å². The van der Waals surface area contributed by atoms with E-state index in [1.54, 1.807) is 43.3 Å². The van der Waals surface area contributed by atoms with Crippen LogP contribution in [0.3, 0.4) is 0 Å². The Morgan fingerprint density at radius 1 is 1.11 bits per heavy atom. The topological polar surface area (TPSA) is 73.8 Å². The SMILES string of the molecule is [C-]#[N+]c1cccc(/C(C)=N/OCc2ccccc2/C(=N\OC)C(=O)OC)c1. The van der Waals surface area contributed by atoms with Crippen molar-refractivity contribution in [2.24, 2.45) is 10.3 Å². The summed E-state index contributed by atoms with van der Waals surface area (Å²) in [6, 6.07) is 14.2. The van der Waals surface area contributed by atoms with Crippen LogP contribution in [0.2, 0.25) is 0 Å². The van der Waals surface area contributed by atoms with E-state index in [9.17, 15) is 4.79 Å². The quantitative estimate of drug-likeness (QED) is 0.325. The molecule has 0 unspecified atom stereocenters. The molecule has 138 valence electrons. The summed E-state index contributed by atoms with van der Waals surface area (Å²) in [5.74, 6) is -0.611. The molecule has 0 saturated heterocycles. The minimum atomic E-state index is -0.611. The number of rotatable bonds is 7. The van der Waals surface area contributed by atoms with Crippen molar-refractivity contribution in [2.75, 3.05) is 14.2 Å². The summed E-state index contributed by atoms with van der Waals surface area (Å²) >= 11 is 0. The van der Waals surface area contributed by atoms with Gasteiger partial charge in [-0.25, -0.2) is 9.64 Å². The molecule has 7 heteroatoms. The molecule has 0 amide bonds. The van der Waals surface area contributed by atoms with Crippen LogP contribution in [0.5, 0.6) is 0 Å². The average Bonchev–Trinajstić information content (AvgIpc) is 2.72. The Hall–Kier alpha value is -3.66. The van der Waals surface area contributed by atoms with Crippen LogP contribution >= 0.6 is 0 Å². The van der Waals surface area contributed by atoms with Gasteiger partial charge in [0.05, 0.1) is 19.4 Å². The Kier molecular flexibility index (Phi) is 7.08. The van der Waals surface area contributed by atoms with Gasteiger partial charge in [-0.3, -0.25) is 0 Å². The molecule has 0 bridgehead atoms. The Bertz CT molecular complexity index is 913. The number of hydrogen-bond donors (Lipinski definition) is 0. The molecule has 0 radical (unpaired) electrons. The van der Waals surface area contributed by atoms with E-state index < -0.39 is 5.97 Å². The van der Waals surface area contributed by atoms with Gasteiger partial charge in [0.2, 0.25) is 0 Å². The number of methoxy groups -OCH3 is 1. The maximum atomic E-state index is 12.0. The van der Waals surface area contributed by atoms with Crippen LogP contribution in [0.1, 0.15) is 23.6 Å². The van der Waals surface area contributed by atoms with Crippen molar-refractivity contribution in [3.63, 3.8) is 0 Å². The lowest BCUT2D eigenvalue weighted by Crippen LogP contribution is -2.19. The lowest BCUT2D eigenvalue weighted by Gasteiger charge is -2.10. The second-order valence-corrected chi connectivity index (χ2v) is 5.38. The normalized spacial score (nSPS) is 11.5. The van der Waals surface area contributed by atoms with Gasteiger partial charge in [0.15, 0.2) is 11.4 Å². The molecule has 0 aliphatic heterocycles. The van der Waals surface area contributed by atoms with Gasteiger partial charge in [-0.15, -0.1) is 0 Å². The van der Waals surface area contributed by atoms with Gasteiger partial charge in [0.25, 0.3) is 0 Å². The summed E-state index contributed by atoms with van der Waals surface area (Å²) in [5, 5.41) is 7.86. The van der Waals surface area contributed by atoms with E-state index in [-0.39, 0.29) is 12.3 Å². The van der Waals surface area contributed by atoms with Gasteiger partial charge in [-0.1, -0.05) is 52.8 Å². The first-order valence-corrected chi connectivity index (χ1v) is 8.03. The molecule has 2 aromatic rings. The Balaban J connectivity index is 2.20. The predicted molar refractivity (Wildman–Crippen MR) is 102 cm³/mol. The van der Waals surface area contributed by atoms with E-state index in [4.69, 9.17) is 21.0 Å². The minimum absolute atomic E-state index is 0.0460. The van der Waals surface area contributed by atoms with Gasteiger partial charge in [0, 0.05) is 11.1 Å². The van der Waals surface area contributed by atoms with Gasteiger partial charge >= 0.3 is 5.97 Å². The average molecular weight is 365 g/mol. The maximum Gasteiger partial charge on any atom is 0.360 e. The lowest BCUT2D eigenvalue weighted by atomic mass is 10.0. The summed E-state index contributed by atoms with van der Waals surface area (Å²) in [6.07, 6.45) is 0. The molecule has 0 atom stereocenters. The number of benzene rings is 2. The number of carbonyl (C=O) groups excluding carboxylic acids is 1. The third kappa shape index (κ3) is 5.16. The van der Waals surface area contributed by atoms with Crippen molar-refractivity contribution in [3.05, 3.63) is 76.6 Å². The van der Waals surface area contributed by atoms with Crippen LogP contribution in [0.15, 0.2) is 58.8 Å². The predicted octanol–water partition coefficient (Wildman–Crippen LogP) is 3.70. The zero-order chi connectivity index (χ0) is 19.6. The van der Waals surface area contributed by atoms with Crippen LogP contribution < -0.4 is 0 Å². The molecule has 0 saturated carbocycles. The van der Waals surface area contributed by atoms with Crippen molar-refractivity contribution in [3.8, 4) is 0 Å². The molecule has 0 N–H and O–H groups in total. The fraction of sp³-hybridized carbons (Fsp3) is 0.200. The highest BCUT2D eigenvalue weighted by molar-refractivity contribution is 6.43. The van der Waals surface area contributed by atoms with Gasteiger partial charge < -0.3 is 14.4 Å². The summed E-state index contributed by atoms with van der Waals surface area (Å²) in [5.41, 5.74) is 3.25. The number of hydrogen-bond acceptors (Lipinski definition) is 6. The van der Waals surface area contributed by atoms with Crippen LogP contribution in [0.4, 0.5) is 5.69 Å². The minimum Gasteiger partial charge on any atom is -0.464 e. The molecular weight excluding hydrogens is 346 g/mol. The number of carbonyl (C=O) groups is 1. The third-order valence-electron chi connectivity index (χ3n) is 3.65. The Morgan fingerprint density at radius 2 is 1.89 bits per heavy atom. The molecule has 2 aromatic carbocycles. The number of ether oxygens (including phenoxy) is 1. The monoisotopic (exact) mass is 365 g/mol. The first-order valence-electron chi connectivity index (χ1n) is 8.03. The molecule has 0 heterocycles. The highest BCUT2D eigenvalue weighted by Gasteiger charge is 2.19. The smallest absolute Gasteiger partial charge is 0.360 e. The summed E-state index contributed by atoms with van der Waals surface area (Å²) in [6.45, 7) is 8.99. The van der Waals surface area contributed by atoms with E-state index in [0.29, 0.717) is 22.5 Å². The van der Waals surface area contributed by atoms with E-state index in [0.717, 1.165) is 5.56 Å². The van der Waals surface area contributed by atoms with Crippen molar-refractivity contribution < 1.29 is 19.2 Å². The van der Waals surface area contributed by atoms with E-state index in [2.05, 4.69) is 15.2 Å². The van der Waals surface area contributed by atoms with Crippen molar-refractivity contribution in [1.29, 1.82) is 0 Å². The molecule has 0 spiro atoms. The van der Waals surface area contributed by atoms with Gasteiger partial charge in [-0.2, -0.15) is 0 Å². The molecule has 0 aromatic heterocycles. The molecule has 27 heavy (non-hydrogen) atoms. The molecule has 2 rings (SSSR count). The zero-order valence-electron chi connectivity index (χ0n) is 15.3. The Labute approximate surface area is 157 Å². The fourth-order valence-electron chi connectivity index (χ4n) is 2.31. The van der Waals surface area contributed by atoms with Crippen molar-refractivity contribution in [2.45, 2.75) is 13.5 Å². The van der Waals surface area contributed by atoms with Crippen molar-refractivity contribution in [1.82, 2.24) is 0 Å². The van der Waals surface area contributed by atoms with E-state index in [1.165, 1.54) is 14.2 Å². The van der Waals surface area contributed by atoms with E-state index in [1.807, 2.05) is 12.1 Å². The summed E-state index contributed by atoms with van der Waals surface area (Å²) in [7, 11) is 2.63. The number of nitrogens with zero attached hydrogens (tertiary/aromatic N) is 3. The summed E-state index contributed by atoms with van der Waals surface area (Å²) < 4.78 is 4.75. The highest BCUT2D eigenvalue weighted by atomic mass is 16.6. The largest absolute Gasteiger partial charge is 0.464 e. The molecule has 0 aliphatic carbocycles. The number of esters is 1. The second kappa shape index (κ2) is 9.73. The molecule has 0 fully saturated rings. The standard InChI is InChI=1S/C20H19N3O4/c1-14(15-9-7-10-17(12-15)21-2)22-27-13-16-8-5-6-11-18(16)19(23-26-4)20(24)25-3/h5-12H,13H2,1,3-4H3/b22-14+,23-19+. The first-order chi connectivity index (χ1) is 13.1. The maximum absolute atomic E-state index is 12.0. The molecular formula is C20H19N3O4. The van der Waals surface area contributed by atoms with Crippen LogP contribution in [-0.4, -0.2) is 31.6 Å². The number of oxime groups is 2. The Morgan fingerprint density at radius 3 is 2.59 bits per heavy atom. The molecule has 0 aliphatic rings. The van der Waals surface area contributed by atoms with E-state index >= 15 is 0 Å². The first kappa shape index (κ1) is 19.7. The lowest BCUT2D eigenvalue weighted by molar-refractivity contribution is -0.132. The van der Waals surface area contributed by atoms with Gasteiger partial charge in [-0.05, 0) is 18.6 Å². The molecule has 7 nitrogen and oxygen atoms in total.